The molecule has 300 valence electrons. The monoisotopic (exact) mass is 1020 g/mol. The number of aromatic hydroxyl groups is 3. The third-order valence-corrected chi connectivity index (χ3v) is 12.5. The molecule has 9 rings (SSSR count). The van der Waals surface area contributed by atoms with E-state index in [1.807, 2.05) is 48.5 Å². The summed E-state index contributed by atoms with van der Waals surface area (Å²) in [5.74, 6) is 4.64. The van der Waals surface area contributed by atoms with E-state index in [2.05, 4.69) is 106 Å². The molecule has 8 aromatic carbocycles. The molecule has 8 aromatic rings. The van der Waals surface area contributed by atoms with Gasteiger partial charge in [-0.2, -0.15) is 0 Å². The fourth-order valence-electron chi connectivity index (χ4n) is 7.89. The Kier molecular flexibility index (Phi) is 11.6. The van der Waals surface area contributed by atoms with Gasteiger partial charge in [0.2, 0.25) is 0 Å². The molecule has 0 unspecified atom stereocenters. The van der Waals surface area contributed by atoms with Crippen LogP contribution in [0.3, 0.4) is 0 Å². The van der Waals surface area contributed by atoms with Gasteiger partial charge in [-0.25, -0.2) is 0 Å². The number of halogens is 2. The van der Waals surface area contributed by atoms with E-state index in [1.54, 1.807) is 36.4 Å². The van der Waals surface area contributed by atoms with Crippen molar-refractivity contribution in [3.63, 3.8) is 0 Å². The Morgan fingerprint density at radius 1 is 0.450 bits per heavy atom. The van der Waals surface area contributed by atoms with Crippen molar-refractivity contribution in [3.05, 3.63) is 186 Å². The maximum absolute atomic E-state index is 9.71. The van der Waals surface area contributed by atoms with Crippen LogP contribution in [0.2, 0.25) is 0 Å². The smallest absolute Gasteiger partial charge is 0.145 e. The van der Waals surface area contributed by atoms with Gasteiger partial charge in [0.15, 0.2) is 0 Å². The summed E-state index contributed by atoms with van der Waals surface area (Å²) in [4.78, 5) is 0. The summed E-state index contributed by atoms with van der Waals surface area (Å²) in [6.45, 7) is 1.52. The zero-order valence-electron chi connectivity index (χ0n) is 32.4. The molecule has 1 aliphatic heterocycles. The van der Waals surface area contributed by atoms with Crippen molar-refractivity contribution < 1.29 is 34.3 Å². The third-order valence-electron chi connectivity index (χ3n) is 10.9. The second kappa shape index (κ2) is 17.5. The topological polar surface area (TPSA) is 97.6 Å². The Hall–Kier alpha value is -5.66. The molecule has 3 N–H and O–H groups in total. The minimum absolute atomic E-state index is 0.174. The minimum Gasteiger partial charge on any atom is -0.508 e. The number of hydrogen-bond acceptors (Lipinski definition) is 7. The van der Waals surface area contributed by atoms with Crippen LogP contribution in [-0.2, 0) is 19.3 Å². The Balaban J connectivity index is 1.06. The third kappa shape index (κ3) is 8.64. The average molecular weight is 1020 g/mol. The molecule has 0 fully saturated rings. The fourth-order valence-corrected chi connectivity index (χ4v) is 10.0. The van der Waals surface area contributed by atoms with Crippen LogP contribution in [0.4, 0.5) is 0 Å². The first-order valence-electron chi connectivity index (χ1n) is 19.8. The lowest BCUT2D eigenvalue weighted by atomic mass is 9.78. The van der Waals surface area contributed by atoms with Gasteiger partial charge in [-0.15, -0.1) is 0 Å². The van der Waals surface area contributed by atoms with Crippen LogP contribution in [0, 0.1) is 7.14 Å². The van der Waals surface area contributed by atoms with E-state index in [0.29, 0.717) is 19.8 Å². The molecule has 0 atom stereocenters. The molecular weight excluding hydrogens is 978 g/mol. The van der Waals surface area contributed by atoms with Gasteiger partial charge in [-0.1, -0.05) is 60.7 Å². The largest absolute Gasteiger partial charge is 0.508 e. The van der Waals surface area contributed by atoms with Crippen LogP contribution in [0.5, 0.6) is 46.0 Å². The first-order chi connectivity index (χ1) is 29.3. The Morgan fingerprint density at radius 2 is 0.850 bits per heavy atom. The summed E-state index contributed by atoms with van der Waals surface area (Å²) in [7, 11) is 0. The molecule has 9 heteroatoms. The fraction of sp³-hybridized carbons (Fsp3) is 0.137. The van der Waals surface area contributed by atoms with E-state index in [4.69, 9.17) is 18.9 Å². The maximum Gasteiger partial charge on any atom is 0.145 e. The van der Waals surface area contributed by atoms with Gasteiger partial charge in [-0.05, 0) is 174 Å². The Labute approximate surface area is 375 Å². The quantitative estimate of drug-likeness (QED) is 0.0990. The summed E-state index contributed by atoms with van der Waals surface area (Å²) in [5, 5.41) is 33.3. The van der Waals surface area contributed by atoms with Gasteiger partial charge < -0.3 is 34.3 Å². The van der Waals surface area contributed by atoms with E-state index in [9.17, 15) is 15.3 Å². The number of phenols is 3. The first kappa shape index (κ1) is 39.8. The lowest BCUT2D eigenvalue weighted by molar-refractivity contribution is 0.317. The highest BCUT2D eigenvalue weighted by atomic mass is 127. The van der Waals surface area contributed by atoms with E-state index >= 15 is 0 Å². The molecule has 0 spiro atoms. The van der Waals surface area contributed by atoms with Gasteiger partial charge in [-0.3, -0.25) is 0 Å². The summed E-state index contributed by atoms with van der Waals surface area (Å²) in [5.41, 5.74) is 6.60. The molecule has 1 aliphatic rings. The van der Waals surface area contributed by atoms with Gasteiger partial charge in [0, 0.05) is 36.3 Å². The van der Waals surface area contributed by atoms with Gasteiger partial charge in [0.1, 0.15) is 46.0 Å². The van der Waals surface area contributed by atoms with Crippen LogP contribution < -0.4 is 18.9 Å². The van der Waals surface area contributed by atoms with Crippen molar-refractivity contribution in [2.24, 2.45) is 0 Å². The number of hydrogen-bond donors (Lipinski definition) is 3. The highest BCUT2D eigenvalue weighted by Gasteiger charge is 2.33. The lowest BCUT2D eigenvalue weighted by Gasteiger charge is -2.32. The molecule has 0 saturated heterocycles. The van der Waals surface area contributed by atoms with Crippen LogP contribution in [0.1, 0.15) is 39.3 Å². The van der Waals surface area contributed by atoms with Crippen LogP contribution in [0.15, 0.2) is 146 Å². The van der Waals surface area contributed by atoms with Crippen LogP contribution in [0.25, 0.3) is 21.5 Å². The van der Waals surface area contributed by atoms with E-state index in [-0.39, 0.29) is 23.2 Å². The van der Waals surface area contributed by atoms with Gasteiger partial charge >= 0.3 is 0 Å². The number of benzene rings is 8. The molecule has 60 heavy (non-hydrogen) atoms. The zero-order valence-corrected chi connectivity index (χ0v) is 36.7. The summed E-state index contributed by atoms with van der Waals surface area (Å²) < 4.78 is 27.8. The molecular formula is C51H40I2O7. The van der Waals surface area contributed by atoms with Crippen molar-refractivity contribution >= 4 is 66.7 Å². The highest BCUT2D eigenvalue weighted by Crippen LogP contribution is 2.53. The molecule has 0 saturated carbocycles. The van der Waals surface area contributed by atoms with E-state index in [1.165, 1.54) is 0 Å². The molecule has 0 aliphatic carbocycles. The Bertz CT molecular complexity index is 2660. The molecule has 0 radical (unpaired) electrons. The number of phenolic OH excluding ortho intramolecular Hbond substituents is 3. The second-order valence-electron chi connectivity index (χ2n) is 14.9. The number of rotatable bonds is 13. The van der Waals surface area contributed by atoms with E-state index < -0.39 is 0 Å². The molecule has 0 aromatic heterocycles. The van der Waals surface area contributed by atoms with Crippen molar-refractivity contribution in [3.8, 4) is 46.0 Å². The van der Waals surface area contributed by atoms with Crippen LogP contribution in [-0.4, -0.2) is 35.1 Å². The van der Waals surface area contributed by atoms with E-state index in [0.717, 1.165) is 110 Å². The summed E-state index contributed by atoms with van der Waals surface area (Å²) >= 11 is 4.79. The Morgan fingerprint density at radius 3 is 1.27 bits per heavy atom. The predicted octanol–water partition coefficient (Wildman–Crippen LogP) is 12.5. The summed E-state index contributed by atoms with van der Waals surface area (Å²) in [6.07, 6.45) is 2.17. The number of ether oxygens (including phenoxy) is 4. The normalized spacial score (nSPS) is 12.2. The number of fused-ring (bicyclic) bond motifs is 6. The van der Waals surface area contributed by atoms with Gasteiger partial charge in [0.05, 0.1) is 27.0 Å². The summed E-state index contributed by atoms with van der Waals surface area (Å²) in [6, 6.07) is 47.1. The SMILES string of the molecule is Oc1ccc(CCOc2ccc3c4c(ccc3c2)Oc2ccc3cc(OCCc5ccc(O)cc5)ccc3c2C4c2cc(I)c(OCCc3ccc(O)cc3)c(I)c2)cc1. The maximum atomic E-state index is 9.71. The molecule has 0 bridgehead atoms. The van der Waals surface area contributed by atoms with Crippen molar-refractivity contribution in [2.45, 2.75) is 25.2 Å². The highest BCUT2D eigenvalue weighted by molar-refractivity contribution is 14.1. The van der Waals surface area contributed by atoms with Crippen molar-refractivity contribution in [1.82, 2.24) is 0 Å². The van der Waals surface area contributed by atoms with Crippen LogP contribution >= 0.6 is 45.2 Å². The van der Waals surface area contributed by atoms with Gasteiger partial charge in [0.25, 0.3) is 0 Å². The lowest BCUT2D eigenvalue weighted by Crippen LogP contribution is -2.14. The zero-order chi connectivity index (χ0) is 41.2. The molecule has 0 amide bonds. The minimum atomic E-state index is -0.174. The molecule has 1 heterocycles. The van der Waals surface area contributed by atoms with Crippen molar-refractivity contribution in [2.75, 3.05) is 19.8 Å². The first-order valence-corrected chi connectivity index (χ1v) is 21.9. The predicted molar refractivity (Wildman–Crippen MR) is 253 cm³/mol. The molecule has 7 nitrogen and oxygen atoms in total. The second-order valence-corrected chi connectivity index (χ2v) is 17.2. The van der Waals surface area contributed by atoms with Crippen molar-refractivity contribution in [1.29, 1.82) is 0 Å². The standard InChI is InChI=1S/C51H40I2O7/c52-44-29-36(30-45(53)51(44)59-26-23-33-5-13-39(56)14-6-33)48-49-42-17-15-40(57-24-21-31-1-9-37(54)10-2-31)27-34(42)7-19-46(49)60-47-20-8-35-28-41(16-18-43(35)50(47)48)58-25-22-32-3-11-38(55)12-4-32/h1-20,27-30,48,54-56H,21-26H2. The average Bonchev–Trinajstić information content (AvgIpc) is 3.25.